The summed E-state index contributed by atoms with van der Waals surface area (Å²) >= 11 is 1.37. The van der Waals surface area contributed by atoms with Gasteiger partial charge in [-0.25, -0.2) is 4.68 Å². The number of hydrogen-bond acceptors (Lipinski definition) is 5. The number of hydrogen-bond donors (Lipinski definition) is 2. The van der Waals surface area contributed by atoms with Crippen LogP contribution in [0.4, 0.5) is 0 Å². The molecule has 0 aliphatic heterocycles. The van der Waals surface area contributed by atoms with Crippen LogP contribution in [-0.2, 0) is 4.79 Å². The fraction of sp³-hybridized carbons (Fsp3) is 0.292. The Labute approximate surface area is 190 Å². The van der Waals surface area contributed by atoms with Gasteiger partial charge in [0.25, 0.3) is 5.91 Å². The normalized spacial score (nSPS) is 12.6. The smallest absolute Gasteiger partial charge is 0.262 e. The van der Waals surface area contributed by atoms with Gasteiger partial charge in [0, 0.05) is 10.9 Å². The topological polar surface area (TPSA) is 89.2 Å². The first-order valence-electron chi connectivity index (χ1n) is 10.4. The molecule has 0 spiro atoms. The molecule has 32 heavy (non-hydrogen) atoms. The summed E-state index contributed by atoms with van der Waals surface area (Å²) < 4.78 is 7.35. The Morgan fingerprint density at radius 1 is 1.16 bits per heavy atom. The molecule has 0 bridgehead atoms. The van der Waals surface area contributed by atoms with Crippen molar-refractivity contribution >= 4 is 33.4 Å². The predicted molar refractivity (Wildman–Crippen MR) is 125 cm³/mol. The van der Waals surface area contributed by atoms with Crippen molar-refractivity contribution in [3.05, 3.63) is 71.1 Å². The number of nitrogens with one attached hydrogen (secondary N) is 2. The van der Waals surface area contributed by atoms with Crippen LogP contribution in [0.25, 0.3) is 15.9 Å². The lowest BCUT2D eigenvalue weighted by molar-refractivity contribution is -0.123. The molecular formula is C24H26N4O3S. The molecule has 0 aliphatic rings. The van der Waals surface area contributed by atoms with Gasteiger partial charge in [0.1, 0.15) is 10.6 Å². The number of benzene rings is 1. The van der Waals surface area contributed by atoms with Crippen molar-refractivity contribution in [2.75, 3.05) is 0 Å². The van der Waals surface area contributed by atoms with Crippen LogP contribution in [-0.4, -0.2) is 27.1 Å². The Balaban J connectivity index is 1.59. The summed E-state index contributed by atoms with van der Waals surface area (Å²) in [4.78, 5) is 27.1. The molecule has 4 rings (SSSR count). The van der Waals surface area contributed by atoms with Crippen LogP contribution in [0, 0.1) is 6.92 Å². The van der Waals surface area contributed by atoms with Crippen molar-refractivity contribution < 1.29 is 14.0 Å². The highest BCUT2D eigenvalue weighted by Crippen LogP contribution is 2.31. The highest BCUT2D eigenvalue weighted by Gasteiger charge is 2.25. The van der Waals surface area contributed by atoms with E-state index in [1.165, 1.54) is 17.6 Å². The van der Waals surface area contributed by atoms with E-state index in [0.717, 1.165) is 21.6 Å². The highest BCUT2D eigenvalue weighted by atomic mass is 32.1. The number of carbonyl (C=O) groups excluding carboxylic acids is 2. The van der Waals surface area contributed by atoms with Crippen molar-refractivity contribution in [3.8, 4) is 5.69 Å². The first kappa shape index (κ1) is 21.8. The number of carbonyl (C=O) groups is 2. The third-order valence-electron chi connectivity index (χ3n) is 4.87. The number of aromatic nitrogens is 2. The maximum absolute atomic E-state index is 13.1. The predicted octanol–water partition coefficient (Wildman–Crippen LogP) is 4.76. The van der Waals surface area contributed by atoms with E-state index in [9.17, 15) is 9.59 Å². The maximum Gasteiger partial charge on any atom is 0.262 e. The molecule has 3 heterocycles. The van der Waals surface area contributed by atoms with Crippen LogP contribution in [0.15, 0.2) is 59.2 Å². The molecule has 0 radical (unpaired) electrons. The number of fused-ring (bicyclic) bond motifs is 1. The molecule has 1 unspecified atom stereocenters. The summed E-state index contributed by atoms with van der Waals surface area (Å²) in [5, 5.41) is 11.5. The molecule has 0 aliphatic carbocycles. The molecule has 2 N–H and O–H groups in total. The molecule has 4 aromatic rings. The summed E-state index contributed by atoms with van der Waals surface area (Å²) in [6, 6.07) is 14.6. The van der Waals surface area contributed by atoms with E-state index in [4.69, 9.17) is 4.42 Å². The van der Waals surface area contributed by atoms with E-state index in [0.29, 0.717) is 10.6 Å². The lowest BCUT2D eigenvalue weighted by atomic mass is 10.1. The minimum Gasteiger partial charge on any atom is -0.467 e. The number of thiophene rings is 1. The number of para-hydroxylation sites is 1. The lowest BCUT2D eigenvalue weighted by Gasteiger charge is -2.23. The van der Waals surface area contributed by atoms with Gasteiger partial charge in [-0.2, -0.15) is 5.10 Å². The fourth-order valence-electron chi connectivity index (χ4n) is 3.50. The molecule has 0 saturated heterocycles. The molecule has 1 aromatic carbocycles. The van der Waals surface area contributed by atoms with Crippen LogP contribution in [0.2, 0.25) is 0 Å². The van der Waals surface area contributed by atoms with Crippen molar-refractivity contribution in [1.29, 1.82) is 0 Å². The Kier molecular flexibility index (Phi) is 5.88. The summed E-state index contributed by atoms with van der Waals surface area (Å²) in [5.41, 5.74) is 1.43. The standard InChI is InChI=1S/C24H26N4O3S/c1-15-17-13-20(32-23(17)28(27-15)16-9-6-5-7-10-16)22(30)25-18(19-11-8-12-31-19)14-21(29)26-24(2,3)4/h5-13,18H,14H2,1-4H3,(H,25,30)(H,26,29). The van der Waals surface area contributed by atoms with Gasteiger partial charge in [-0.3, -0.25) is 9.59 Å². The largest absolute Gasteiger partial charge is 0.467 e. The van der Waals surface area contributed by atoms with Gasteiger partial charge in [-0.05, 0) is 58.0 Å². The van der Waals surface area contributed by atoms with Crippen LogP contribution in [0.1, 0.15) is 54.4 Å². The zero-order chi connectivity index (χ0) is 22.9. The quantitative estimate of drug-likeness (QED) is 0.443. The van der Waals surface area contributed by atoms with Gasteiger partial charge >= 0.3 is 0 Å². The molecule has 3 aromatic heterocycles. The number of rotatable bonds is 6. The molecule has 2 amide bonds. The lowest BCUT2D eigenvalue weighted by Crippen LogP contribution is -2.42. The van der Waals surface area contributed by atoms with E-state index < -0.39 is 6.04 Å². The Morgan fingerprint density at radius 2 is 1.91 bits per heavy atom. The van der Waals surface area contributed by atoms with Crippen LogP contribution >= 0.6 is 11.3 Å². The Hall–Kier alpha value is -3.39. The third kappa shape index (κ3) is 4.75. The number of nitrogens with zero attached hydrogens (tertiary/aromatic N) is 2. The van der Waals surface area contributed by atoms with Crippen LogP contribution < -0.4 is 10.6 Å². The van der Waals surface area contributed by atoms with E-state index in [-0.39, 0.29) is 23.8 Å². The van der Waals surface area contributed by atoms with Gasteiger partial charge < -0.3 is 15.1 Å². The van der Waals surface area contributed by atoms with E-state index in [2.05, 4.69) is 15.7 Å². The first-order valence-corrected chi connectivity index (χ1v) is 11.2. The minimum absolute atomic E-state index is 0.0816. The van der Waals surface area contributed by atoms with E-state index in [1.807, 2.05) is 68.8 Å². The first-order chi connectivity index (χ1) is 15.2. The molecule has 0 fully saturated rings. The van der Waals surface area contributed by atoms with Gasteiger partial charge in [0.05, 0.1) is 35.0 Å². The molecule has 7 nitrogen and oxygen atoms in total. The molecule has 0 saturated carbocycles. The number of aryl methyl sites for hydroxylation is 1. The molecular weight excluding hydrogens is 424 g/mol. The zero-order valence-electron chi connectivity index (χ0n) is 18.5. The molecule has 1 atom stereocenters. The van der Waals surface area contributed by atoms with E-state index in [1.54, 1.807) is 12.1 Å². The van der Waals surface area contributed by atoms with Crippen molar-refractivity contribution in [2.45, 2.75) is 45.7 Å². The molecule has 8 heteroatoms. The van der Waals surface area contributed by atoms with Crippen LogP contribution in [0.3, 0.4) is 0 Å². The summed E-state index contributed by atoms with van der Waals surface area (Å²) in [7, 11) is 0. The van der Waals surface area contributed by atoms with Gasteiger partial charge in [0.2, 0.25) is 5.91 Å². The van der Waals surface area contributed by atoms with Crippen molar-refractivity contribution in [1.82, 2.24) is 20.4 Å². The van der Waals surface area contributed by atoms with Gasteiger partial charge in [0.15, 0.2) is 0 Å². The monoisotopic (exact) mass is 450 g/mol. The highest BCUT2D eigenvalue weighted by molar-refractivity contribution is 7.20. The average Bonchev–Trinajstić information content (AvgIpc) is 3.45. The second-order valence-electron chi connectivity index (χ2n) is 8.71. The summed E-state index contributed by atoms with van der Waals surface area (Å²) in [5.74, 6) is 0.122. The van der Waals surface area contributed by atoms with Crippen molar-refractivity contribution in [3.63, 3.8) is 0 Å². The SMILES string of the molecule is Cc1nn(-c2ccccc2)c2sc(C(=O)NC(CC(=O)NC(C)(C)C)c3ccco3)cc12. The van der Waals surface area contributed by atoms with Crippen molar-refractivity contribution in [2.24, 2.45) is 0 Å². The van der Waals surface area contributed by atoms with Gasteiger partial charge in [-0.15, -0.1) is 11.3 Å². The summed E-state index contributed by atoms with van der Waals surface area (Å²) in [6.07, 6.45) is 1.62. The maximum atomic E-state index is 13.1. The number of amides is 2. The Bertz CT molecular complexity index is 1230. The van der Waals surface area contributed by atoms with Crippen LogP contribution in [0.5, 0.6) is 0 Å². The summed E-state index contributed by atoms with van der Waals surface area (Å²) in [6.45, 7) is 7.68. The third-order valence-corrected chi connectivity index (χ3v) is 5.97. The molecule has 166 valence electrons. The fourth-order valence-corrected chi connectivity index (χ4v) is 4.59. The minimum atomic E-state index is -0.572. The second-order valence-corrected chi connectivity index (χ2v) is 9.74. The van der Waals surface area contributed by atoms with Gasteiger partial charge in [-0.1, -0.05) is 18.2 Å². The zero-order valence-corrected chi connectivity index (χ0v) is 19.3. The van der Waals surface area contributed by atoms with E-state index >= 15 is 0 Å². The number of furan rings is 1. The Morgan fingerprint density at radius 3 is 2.56 bits per heavy atom. The average molecular weight is 451 g/mol. The second kappa shape index (κ2) is 8.63.